The van der Waals surface area contributed by atoms with Crippen LogP contribution in [0.25, 0.3) is 11.3 Å². The van der Waals surface area contributed by atoms with Crippen molar-refractivity contribution in [1.29, 1.82) is 0 Å². The molecule has 0 aliphatic rings. The number of ether oxygens (including phenoxy) is 3. The fourth-order valence-corrected chi connectivity index (χ4v) is 4.75. The number of carboxylic acid groups (broad SMARTS) is 1. The highest BCUT2D eigenvalue weighted by Gasteiger charge is 2.25. The van der Waals surface area contributed by atoms with Gasteiger partial charge in [-0.2, -0.15) is 16.4 Å². The third-order valence-corrected chi connectivity index (χ3v) is 7.01. The average molecular weight is 535 g/mol. The Morgan fingerprint density at radius 1 is 1.13 bits per heavy atom. The summed E-state index contributed by atoms with van der Waals surface area (Å²) in [7, 11) is 2.98. The number of thiophene rings is 1. The molecule has 2 aromatic carbocycles. The van der Waals surface area contributed by atoms with Gasteiger partial charge < -0.3 is 19.3 Å². The maximum absolute atomic E-state index is 12.2. The van der Waals surface area contributed by atoms with Crippen LogP contribution in [0.15, 0.2) is 65.4 Å². The first-order valence-electron chi connectivity index (χ1n) is 12.1. The van der Waals surface area contributed by atoms with Gasteiger partial charge in [-0.15, -0.1) is 0 Å². The number of aliphatic carboxylic acids is 1. The van der Waals surface area contributed by atoms with Crippen LogP contribution < -0.4 is 9.47 Å². The van der Waals surface area contributed by atoms with Crippen molar-refractivity contribution >= 4 is 23.3 Å². The van der Waals surface area contributed by atoms with Gasteiger partial charge in [0.05, 0.1) is 18.7 Å². The number of aryl methyl sites for hydroxylation is 2. The SMILES string of the molecule is COC(=O)c1cc(-c2ccc(OCc3ccsc3)cc2OC(CC(C)C(=O)O)c2ccccc2C)nn1C. The summed E-state index contributed by atoms with van der Waals surface area (Å²) in [6, 6.07) is 16.8. The molecule has 0 bridgehead atoms. The zero-order chi connectivity index (χ0) is 27.2. The lowest BCUT2D eigenvalue weighted by Gasteiger charge is -2.24. The van der Waals surface area contributed by atoms with E-state index in [0.717, 1.165) is 16.7 Å². The van der Waals surface area contributed by atoms with E-state index in [1.165, 1.54) is 11.8 Å². The quantitative estimate of drug-likeness (QED) is 0.234. The van der Waals surface area contributed by atoms with Gasteiger partial charge in [0.15, 0.2) is 0 Å². The molecule has 4 rings (SSSR count). The maximum atomic E-state index is 12.2. The number of benzene rings is 2. The predicted molar refractivity (Wildman–Crippen MR) is 145 cm³/mol. The Morgan fingerprint density at radius 2 is 1.92 bits per heavy atom. The van der Waals surface area contributed by atoms with Crippen LogP contribution in [0.3, 0.4) is 0 Å². The van der Waals surface area contributed by atoms with Gasteiger partial charge in [0.2, 0.25) is 0 Å². The van der Waals surface area contributed by atoms with E-state index >= 15 is 0 Å². The molecule has 2 aromatic heterocycles. The standard InChI is InChI=1S/C29H30N2O6S/c1-18-7-5-6-8-22(18)26(13-19(2)28(32)33)37-27-14-21(36-16-20-11-12-38-17-20)9-10-23(27)24-15-25(29(34)35-4)31(3)30-24/h5-12,14-15,17,19,26H,13,16H2,1-4H3,(H,32,33). The van der Waals surface area contributed by atoms with Gasteiger partial charge in [-0.25, -0.2) is 4.79 Å². The second-order valence-electron chi connectivity index (χ2n) is 9.05. The van der Waals surface area contributed by atoms with E-state index < -0.39 is 24.0 Å². The maximum Gasteiger partial charge on any atom is 0.356 e. The van der Waals surface area contributed by atoms with Crippen LogP contribution in [0.1, 0.15) is 46.6 Å². The first-order chi connectivity index (χ1) is 18.3. The van der Waals surface area contributed by atoms with E-state index in [1.54, 1.807) is 37.4 Å². The molecule has 2 unspecified atom stereocenters. The molecule has 0 aliphatic carbocycles. The molecule has 4 aromatic rings. The molecule has 0 spiro atoms. The minimum absolute atomic E-state index is 0.259. The molecule has 0 aliphatic heterocycles. The highest BCUT2D eigenvalue weighted by Crippen LogP contribution is 2.38. The van der Waals surface area contributed by atoms with Crippen molar-refractivity contribution < 1.29 is 28.9 Å². The molecule has 9 heteroatoms. The van der Waals surface area contributed by atoms with Gasteiger partial charge in [0.25, 0.3) is 0 Å². The summed E-state index contributed by atoms with van der Waals surface area (Å²) in [5.74, 6) is -0.978. The molecule has 0 amide bonds. The summed E-state index contributed by atoms with van der Waals surface area (Å²) in [4.78, 5) is 24.0. The minimum Gasteiger partial charge on any atom is -0.489 e. The van der Waals surface area contributed by atoms with Crippen molar-refractivity contribution in [2.45, 2.75) is 33.0 Å². The smallest absolute Gasteiger partial charge is 0.356 e. The lowest BCUT2D eigenvalue weighted by atomic mass is 9.95. The van der Waals surface area contributed by atoms with Crippen molar-refractivity contribution in [3.05, 3.63) is 87.7 Å². The third kappa shape index (κ3) is 6.23. The van der Waals surface area contributed by atoms with Crippen molar-refractivity contribution in [3.63, 3.8) is 0 Å². The molecule has 198 valence electrons. The zero-order valence-corrected chi connectivity index (χ0v) is 22.5. The number of carbonyl (C=O) groups is 2. The normalized spacial score (nSPS) is 12.5. The van der Waals surface area contributed by atoms with Crippen LogP contribution >= 0.6 is 11.3 Å². The molecule has 2 atom stereocenters. The molecule has 0 fully saturated rings. The topological polar surface area (TPSA) is 99.9 Å². The van der Waals surface area contributed by atoms with Gasteiger partial charge >= 0.3 is 11.9 Å². The fraction of sp³-hybridized carbons (Fsp3) is 0.276. The lowest BCUT2D eigenvalue weighted by Crippen LogP contribution is -2.18. The summed E-state index contributed by atoms with van der Waals surface area (Å²) in [6.45, 7) is 4.04. The van der Waals surface area contributed by atoms with E-state index in [4.69, 9.17) is 14.2 Å². The Labute approximate surface area is 225 Å². The zero-order valence-electron chi connectivity index (χ0n) is 21.7. The monoisotopic (exact) mass is 534 g/mol. The van der Waals surface area contributed by atoms with Crippen LogP contribution in [0.5, 0.6) is 11.5 Å². The molecule has 8 nitrogen and oxygen atoms in total. The van der Waals surface area contributed by atoms with Crippen molar-refractivity contribution in [2.24, 2.45) is 13.0 Å². The number of rotatable bonds is 11. The minimum atomic E-state index is -0.896. The number of carbonyl (C=O) groups excluding carboxylic acids is 1. The highest BCUT2D eigenvalue weighted by molar-refractivity contribution is 7.07. The first-order valence-corrected chi connectivity index (χ1v) is 13.1. The van der Waals surface area contributed by atoms with Crippen molar-refractivity contribution in [2.75, 3.05) is 7.11 Å². The summed E-state index contributed by atoms with van der Waals surface area (Å²) in [6.07, 6.45) is -0.285. The number of carboxylic acids is 1. The molecule has 0 saturated heterocycles. The number of hydrogen-bond acceptors (Lipinski definition) is 7. The van der Waals surface area contributed by atoms with E-state index in [9.17, 15) is 14.7 Å². The number of hydrogen-bond donors (Lipinski definition) is 1. The Morgan fingerprint density at radius 3 is 2.61 bits per heavy atom. The molecule has 2 heterocycles. The number of nitrogens with zero attached hydrogens (tertiary/aromatic N) is 2. The van der Waals surface area contributed by atoms with Crippen LogP contribution in [-0.4, -0.2) is 33.9 Å². The fourth-order valence-electron chi connectivity index (χ4n) is 4.10. The molecule has 0 saturated carbocycles. The molecule has 0 radical (unpaired) electrons. The van der Waals surface area contributed by atoms with Gasteiger partial charge in [-0.1, -0.05) is 31.2 Å². The van der Waals surface area contributed by atoms with Crippen LogP contribution in [0, 0.1) is 12.8 Å². The Bertz CT molecular complexity index is 1410. The summed E-state index contributed by atoms with van der Waals surface area (Å²) in [5, 5.41) is 18.2. The van der Waals surface area contributed by atoms with Gasteiger partial charge in [0.1, 0.15) is 29.9 Å². The first kappa shape index (κ1) is 26.9. The molecular weight excluding hydrogens is 504 g/mol. The molecular formula is C29H30N2O6S. The summed E-state index contributed by atoms with van der Waals surface area (Å²) in [5.41, 5.74) is 4.39. The van der Waals surface area contributed by atoms with Crippen molar-refractivity contribution in [3.8, 4) is 22.8 Å². The second-order valence-corrected chi connectivity index (χ2v) is 9.83. The molecule has 1 N–H and O–H groups in total. The predicted octanol–water partition coefficient (Wildman–Crippen LogP) is 6.05. The number of aromatic nitrogens is 2. The van der Waals surface area contributed by atoms with Crippen molar-refractivity contribution in [1.82, 2.24) is 9.78 Å². The van der Waals surface area contributed by atoms with Crippen LogP contribution in [0.4, 0.5) is 0 Å². The van der Waals surface area contributed by atoms with Crippen LogP contribution in [0.2, 0.25) is 0 Å². The Hall–Kier alpha value is -4.11. The summed E-state index contributed by atoms with van der Waals surface area (Å²) >= 11 is 1.60. The largest absolute Gasteiger partial charge is 0.489 e. The second kappa shape index (κ2) is 12.0. The van der Waals surface area contributed by atoms with E-state index in [-0.39, 0.29) is 6.42 Å². The van der Waals surface area contributed by atoms with E-state index in [0.29, 0.717) is 35.1 Å². The lowest BCUT2D eigenvalue weighted by molar-refractivity contribution is -0.142. The van der Waals surface area contributed by atoms with E-state index in [1.807, 2.05) is 60.1 Å². The third-order valence-electron chi connectivity index (χ3n) is 6.28. The highest BCUT2D eigenvalue weighted by atomic mass is 32.1. The average Bonchev–Trinajstić information content (AvgIpc) is 3.56. The van der Waals surface area contributed by atoms with E-state index in [2.05, 4.69) is 5.10 Å². The van der Waals surface area contributed by atoms with Gasteiger partial charge in [-0.05, 0) is 58.6 Å². The van der Waals surface area contributed by atoms with Crippen LogP contribution in [-0.2, 0) is 23.2 Å². The summed E-state index contributed by atoms with van der Waals surface area (Å²) < 4.78 is 19.0. The number of methoxy groups -OCH3 is 1. The Kier molecular flexibility index (Phi) is 8.48. The van der Waals surface area contributed by atoms with Gasteiger partial charge in [-0.3, -0.25) is 9.48 Å². The Balaban J connectivity index is 1.76. The van der Waals surface area contributed by atoms with Gasteiger partial charge in [0, 0.05) is 25.1 Å². The number of esters is 1. The molecule has 38 heavy (non-hydrogen) atoms.